The second kappa shape index (κ2) is 6.98. The predicted octanol–water partition coefficient (Wildman–Crippen LogP) is 1.62. The van der Waals surface area contributed by atoms with Gasteiger partial charge in [-0.25, -0.2) is 4.39 Å². The fraction of sp³-hybridized carbons (Fsp3) is 0.500. The third kappa shape index (κ3) is 4.29. The number of ether oxygens (including phenoxy) is 1. The molecule has 112 valence electrons. The fourth-order valence-corrected chi connectivity index (χ4v) is 1.72. The lowest BCUT2D eigenvalue weighted by atomic mass is 10.2. The number of hydrogen-bond donors (Lipinski definition) is 2. The standard InChI is InChI=1S/C14H22FN3O2/c1-9(2)7-17-14(19)8-18(3)12-6-13(20-4)10(15)5-11(12)16/h5-6,9H,7-8,16H2,1-4H3,(H,17,19). The molecule has 0 aromatic heterocycles. The van der Waals surface area contributed by atoms with E-state index in [1.165, 1.54) is 19.2 Å². The van der Waals surface area contributed by atoms with Crippen LogP contribution in [0.3, 0.4) is 0 Å². The van der Waals surface area contributed by atoms with Gasteiger partial charge in [-0.15, -0.1) is 0 Å². The van der Waals surface area contributed by atoms with Crippen LogP contribution in [-0.2, 0) is 4.79 Å². The second-order valence-corrected chi connectivity index (χ2v) is 5.10. The zero-order chi connectivity index (χ0) is 15.3. The van der Waals surface area contributed by atoms with Gasteiger partial charge in [-0.2, -0.15) is 0 Å². The summed E-state index contributed by atoms with van der Waals surface area (Å²) in [5.41, 5.74) is 6.60. The highest BCUT2D eigenvalue weighted by Crippen LogP contribution is 2.30. The number of carbonyl (C=O) groups excluding carboxylic acids is 1. The molecule has 1 rings (SSSR count). The van der Waals surface area contributed by atoms with E-state index in [9.17, 15) is 9.18 Å². The van der Waals surface area contributed by atoms with Crippen molar-refractivity contribution in [2.24, 2.45) is 5.92 Å². The number of carbonyl (C=O) groups is 1. The van der Waals surface area contributed by atoms with Gasteiger partial charge < -0.3 is 20.7 Å². The normalized spacial score (nSPS) is 10.5. The number of nitrogens with one attached hydrogen (secondary N) is 1. The Kier molecular flexibility index (Phi) is 5.61. The summed E-state index contributed by atoms with van der Waals surface area (Å²) < 4.78 is 18.4. The molecule has 5 nitrogen and oxygen atoms in total. The molecule has 0 spiro atoms. The van der Waals surface area contributed by atoms with Crippen LogP contribution >= 0.6 is 0 Å². The summed E-state index contributed by atoms with van der Waals surface area (Å²) in [6.07, 6.45) is 0. The molecule has 1 aromatic carbocycles. The number of halogens is 1. The minimum absolute atomic E-state index is 0.101. The maximum Gasteiger partial charge on any atom is 0.239 e. The molecule has 1 aromatic rings. The van der Waals surface area contributed by atoms with Crippen LogP contribution < -0.4 is 20.7 Å². The van der Waals surface area contributed by atoms with E-state index in [4.69, 9.17) is 10.5 Å². The lowest BCUT2D eigenvalue weighted by Crippen LogP contribution is -2.37. The summed E-state index contributed by atoms with van der Waals surface area (Å²) >= 11 is 0. The average molecular weight is 283 g/mol. The molecule has 0 saturated carbocycles. The van der Waals surface area contributed by atoms with Gasteiger partial charge in [0.25, 0.3) is 0 Å². The molecule has 0 aliphatic heterocycles. The molecule has 0 heterocycles. The summed E-state index contributed by atoms with van der Waals surface area (Å²) in [6, 6.07) is 2.68. The molecular weight excluding hydrogens is 261 g/mol. The highest BCUT2D eigenvalue weighted by atomic mass is 19.1. The van der Waals surface area contributed by atoms with Gasteiger partial charge in [-0.3, -0.25) is 4.79 Å². The molecule has 0 radical (unpaired) electrons. The Bertz CT molecular complexity index is 478. The molecule has 0 atom stereocenters. The van der Waals surface area contributed by atoms with Gasteiger partial charge in [0.2, 0.25) is 5.91 Å². The van der Waals surface area contributed by atoms with E-state index in [2.05, 4.69) is 5.32 Å². The van der Waals surface area contributed by atoms with E-state index >= 15 is 0 Å². The molecule has 1 amide bonds. The first-order chi connectivity index (χ1) is 9.35. The highest BCUT2D eigenvalue weighted by Gasteiger charge is 2.14. The Hall–Kier alpha value is -1.98. The van der Waals surface area contributed by atoms with E-state index in [1.54, 1.807) is 11.9 Å². The van der Waals surface area contributed by atoms with Gasteiger partial charge in [0, 0.05) is 25.7 Å². The predicted molar refractivity (Wildman–Crippen MR) is 78.5 cm³/mol. The lowest BCUT2D eigenvalue weighted by Gasteiger charge is -2.21. The van der Waals surface area contributed by atoms with Crippen LogP contribution in [0.25, 0.3) is 0 Å². The number of rotatable bonds is 6. The molecule has 0 fully saturated rings. The molecule has 0 saturated heterocycles. The number of amides is 1. The number of nitrogen functional groups attached to an aromatic ring is 1. The monoisotopic (exact) mass is 283 g/mol. The van der Waals surface area contributed by atoms with Gasteiger partial charge in [-0.1, -0.05) is 13.8 Å². The van der Waals surface area contributed by atoms with E-state index in [1.807, 2.05) is 13.8 Å². The molecular formula is C14H22FN3O2. The SMILES string of the molecule is COc1cc(N(C)CC(=O)NCC(C)C)c(N)cc1F. The molecule has 0 aliphatic carbocycles. The largest absolute Gasteiger partial charge is 0.494 e. The molecule has 0 unspecified atom stereocenters. The van der Waals surface area contributed by atoms with Crippen molar-refractivity contribution in [2.75, 3.05) is 37.9 Å². The van der Waals surface area contributed by atoms with Crippen molar-refractivity contribution in [1.82, 2.24) is 5.32 Å². The van der Waals surface area contributed by atoms with Crippen LogP contribution in [0.4, 0.5) is 15.8 Å². The van der Waals surface area contributed by atoms with Crippen LogP contribution in [0, 0.1) is 11.7 Å². The average Bonchev–Trinajstić information content (AvgIpc) is 2.36. The number of benzene rings is 1. The minimum Gasteiger partial charge on any atom is -0.494 e. The van der Waals surface area contributed by atoms with Gasteiger partial charge in [0.1, 0.15) is 0 Å². The van der Waals surface area contributed by atoms with Gasteiger partial charge >= 0.3 is 0 Å². The van der Waals surface area contributed by atoms with Crippen LogP contribution in [0.5, 0.6) is 5.75 Å². The Balaban J connectivity index is 2.76. The molecule has 0 bridgehead atoms. The number of anilines is 2. The van der Waals surface area contributed by atoms with Gasteiger partial charge in [-0.05, 0) is 5.92 Å². The number of hydrogen-bond acceptors (Lipinski definition) is 4. The van der Waals surface area contributed by atoms with Crippen molar-refractivity contribution in [3.8, 4) is 5.75 Å². The summed E-state index contributed by atoms with van der Waals surface area (Å²) in [5.74, 6) is -0.140. The Morgan fingerprint density at radius 1 is 1.50 bits per heavy atom. The topological polar surface area (TPSA) is 67.6 Å². The number of nitrogens with zero attached hydrogens (tertiary/aromatic N) is 1. The summed E-state index contributed by atoms with van der Waals surface area (Å²) in [4.78, 5) is 13.4. The number of likely N-dealkylation sites (N-methyl/N-ethyl adjacent to an activating group) is 1. The van der Waals surface area contributed by atoms with Crippen molar-refractivity contribution < 1.29 is 13.9 Å². The van der Waals surface area contributed by atoms with Gasteiger partial charge in [0.15, 0.2) is 11.6 Å². The molecule has 0 aliphatic rings. The molecule has 3 N–H and O–H groups in total. The smallest absolute Gasteiger partial charge is 0.239 e. The number of nitrogens with two attached hydrogens (primary N) is 1. The van der Waals surface area contributed by atoms with E-state index in [0.717, 1.165) is 0 Å². The second-order valence-electron chi connectivity index (χ2n) is 5.10. The van der Waals surface area contributed by atoms with Gasteiger partial charge in [0.05, 0.1) is 25.0 Å². The fourth-order valence-electron chi connectivity index (χ4n) is 1.72. The highest BCUT2D eigenvalue weighted by molar-refractivity contribution is 5.83. The molecule has 6 heteroatoms. The van der Waals surface area contributed by atoms with Crippen molar-refractivity contribution in [3.05, 3.63) is 17.9 Å². The van der Waals surface area contributed by atoms with Crippen LogP contribution in [0.1, 0.15) is 13.8 Å². The quantitative estimate of drug-likeness (QED) is 0.779. The Morgan fingerprint density at radius 2 is 2.15 bits per heavy atom. The van der Waals surface area contributed by atoms with Crippen LogP contribution in [0.15, 0.2) is 12.1 Å². The van der Waals surface area contributed by atoms with Crippen molar-refractivity contribution in [2.45, 2.75) is 13.8 Å². The Labute approximate surface area is 118 Å². The van der Waals surface area contributed by atoms with Crippen LogP contribution in [-0.4, -0.2) is 33.2 Å². The van der Waals surface area contributed by atoms with E-state index in [0.29, 0.717) is 18.2 Å². The maximum atomic E-state index is 13.5. The first kappa shape index (κ1) is 16.1. The first-order valence-corrected chi connectivity index (χ1v) is 6.46. The lowest BCUT2D eigenvalue weighted by molar-refractivity contribution is -0.119. The summed E-state index contributed by atoms with van der Waals surface area (Å²) in [6.45, 7) is 4.81. The zero-order valence-electron chi connectivity index (χ0n) is 12.4. The van der Waals surface area contributed by atoms with Crippen molar-refractivity contribution in [3.63, 3.8) is 0 Å². The number of methoxy groups -OCH3 is 1. The van der Waals surface area contributed by atoms with Crippen molar-refractivity contribution >= 4 is 17.3 Å². The summed E-state index contributed by atoms with van der Waals surface area (Å²) in [5, 5.41) is 2.82. The Morgan fingerprint density at radius 3 is 2.70 bits per heavy atom. The minimum atomic E-state index is -0.522. The summed E-state index contributed by atoms with van der Waals surface area (Å²) in [7, 11) is 3.10. The van der Waals surface area contributed by atoms with E-state index in [-0.39, 0.29) is 23.9 Å². The molecule has 20 heavy (non-hydrogen) atoms. The van der Waals surface area contributed by atoms with E-state index < -0.39 is 5.82 Å². The first-order valence-electron chi connectivity index (χ1n) is 6.46. The van der Waals surface area contributed by atoms with Crippen LogP contribution in [0.2, 0.25) is 0 Å². The zero-order valence-corrected chi connectivity index (χ0v) is 12.4. The maximum absolute atomic E-state index is 13.5. The third-order valence-corrected chi connectivity index (χ3v) is 2.80. The third-order valence-electron chi connectivity index (χ3n) is 2.80. The van der Waals surface area contributed by atoms with Crippen molar-refractivity contribution in [1.29, 1.82) is 0 Å².